The third kappa shape index (κ3) is 2.17. The minimum absolute atomic E-state index is 0.122. The predicted octanol–water partition coefficient (Wildman–Crippen LogP) is 2.00. The second kappa shape index (κ2) is 4.76. The summed E-state index contributed by atoms with van der Waals surface area (Å²) in [4.78, 5) is 26.3. The van der Waals surface area contributed by atoms with Crippen LogP contribution in [0.1, 0.15) is 25.7 Å². The molecule has 0 unspecified atom stereocenters. The van der Waals surface area contributed by atoms with E-state index in [1.807, 2.05) is 23.1 Å². The molecule has 5 heteroatoms. The van der Waals surface area contributed by atoms with E-state index in [1.54, 1.807) is 10.6 Å². The van der Waals surface area contributed by atoms with Gasteiger partial charge in [0, 0.05) is 25.0 Å². The molecule has 0 bridgehead atoms. The van der Waals surface area contributed by atoms with Gasteiger partial charge in [0.25, 0.3) is 0 Å². The van der Waals surface area contributed by atoms with Crippen LogP contribution in [0.2, 0.25) is 0 Å². The standard InChI is InChI=1S/C16H18N2O3/c19-15(11-7-8-11)17-9-3-4-12(17)10-18-13-5-1-2-6-14(13)21-16(18)20/h1-2,5-6,11-12H,3-4,7-10H2/t12-/m1/s1. The molecule has 1 aliphatic carbocycles. The van der Waals surface area contributed by atoms with Gasteiger partial charge in [0.05, 0.1) is 5.52 Å². The zero-order valence-corrected chi connectivity index (χ0v) is 11.8. The van der Waals surface area contributed by atoms with Crippen LogP contribution in [0.25, 0.3) is 11.1 Å². The van der Waals surface area contributed by atoms with Crippen LogP contribution in [0.3, 0.4) is 0 Å². The number of likely N-dealkylation sites (tertiary alicyclic amines) is 1. The number of carbonyl (C=O) groups excluding carboxylic acids is 1. The Kier molecular flexibility index (Phi) is 2.87. The van der Waals surface area contributed by atoms with Crippen molar-refractivity contribution in [3.63, 3.8) is 0 Å². The maximum Gasteiger partial charge on any atom is 0.420 e. The number of rotatable bonds is 3. The number of fused-ring (bicyclic) bond motifs is 1. The van der Waals surface area contributed by atoms with E-state index in [2.05, 4.69) is 0 Å². The van der Waals surface area contributed by atoms with Gasteiger partial charge in [0.1, 0.15) is 0 Å². The lowest BCUT2D eigenvalue weighted by atomic mass is 10.2. The maximum absolute atomic E-state index is 12.3. The first-order chi connectivity index (χ1) is 10.2. The highest BCUT2D eigenvalue weighted by Crippen LogP contribution is 2.34. The van der Waals surface area contributed by atoms with Crippen LogP contribution in [0.4, 0.5) is 0 Å². The molecular formula is C16H18N2O3. The van der Waals surface area contributed by atoms with E-state index in [9.17, 15) is 9.59 Å². The summed E-state index contributed by atoms with van der Waals surface area (Å²) in [6.07, 6.45) is 4.03. The van der Waals surface area contributed by atoms with E-state index < -0.39 is 0 Å². The fraction of sp³-hybridized carbons (Fsp3) is 0.500. The number of carbonyl (C=O) groups is 1. The van der Waals surface area contributed by atoms with Crippen LogP contribution in [0, 0.1) is 5.92 Å². The number of aromatic nitrogens is 1. The van der Waals surface area contributed by atoms with Crippen LogP contribution < -0.4 is 5.76 Å². The van der Waals surface area contributed by atoms with Crippen molar-refractivity contribution in [1.29, 1.82) is 0 Å². The van der Waals surface area contributed by atoms with Gasteiger partial charge in [-0.05, 0) is 37.8 Å². The van der Waals surface area contributed by atoms with E-state index in [0.29, 0.717) is 12.1 Å². The van der Waals surface area contributed by atoms with Crippen LogP contribution in [0.5, 0.6) is 0 Å². The van der Waals surface area contributed by atoms with Gasteiger partial charge in [-0.15, -0.1) is 0 Å². The van der Waals surface area contributed by atoms with Gasteiger partial charge in [-0.1, -0.05) is 12.1 Å². The lowest BCUT2D eigenvalue weighted by molar-refractivity contribution is -0.133. The third-order valence-electron chi connectivity index (χ3n) is 4.55. The van der Waals surface area contributed by atoms with Crippen molar-refractivity contribution in [3.05, 3.63) is 34.8 Å². The molecule has 1 amide bonds. The van der Waals surface area contributed by atoms with Crippen LogP contribution in [-0.2, 0) is 11.3 Å². The topological polar surface area (TPSA) is 55.5 Å². The summed E-state index contributed by atoms with van der Waals surface area (Å²) in [5.41, 5.74) is 1.42. The summed E-state index contributed by atoms with van der Waals surface area (Å²) >= 11 is 0. The zero-order valence-electron chi connectivity index (χ0n) is 11.8. The molecule has 110 valence electrons. The molecule has 1 saturated carbocycles. The van der Waals surface area contributed by atoms with E-state index in [-0.39, 0.29) is 23.6 Å². The van der Waals surface area contributed by atoms with Gasteiger partial charge >= 0.3 is 5.76 Å². The number of hydrogen-bond donors (Lipinski definition) is 0. The van der Waals surface area contributed by atoms with Crippen LogP contribution in [0.15, 0.2) is 33.5 Å². The Morgan fingerprint density at radius 3 is 2.86 bits per heavy atom. The minimum atomic E-state index is -0.332. The molecular weight excluding hydrogens is 268 g/mol. The summed E-state index contributed by atoms with van der Waals surface area (Å²) in [6.45, 7) is 1.36. The van der Waals surface area contributed by atoms with Crippen molar-refractivity contribution in [2.24, 2.45) is 5.92 Å². The first-order valence-corrected chi connectivity index (χ1v) is 7.63. The molecule has 1 aliphatic heterocycles. The molecule has 2 aliphatic rings. The number of para-hydroxylation sites is 2. The van der Waals surface area contributed by atoms with Gasteiger partial charge in [-0.3, -0.25) is 9.36 Å². The zero-order chi connectivity index (χ0) is 14.4. The number of hydrogen-bond acceptors (Lipinski definition) is 3. The highest BCUT2D eigenvalue weighted by Gasteiger charge is 2.38. The Hall–Kier alpha value is -2.04. The molecule has 5 nitrogen and oxygen atoms in total. The van der Waals surface area contributed by atoms with Crippen molar-refractivity contribution in [3.8, 4) is 0 Å². The van der Waals surface area contributed by atoms with E-state index in [1.165, 1.54) is 0 Å². The molecule has 1 atom stereocenters. The lowest BCUT2D eigenvalue weighted by Gasteiger charge is -2.24. The highest BCUT2D eigenvalue weighted by molar-refractivity contribution is 5.81. The predicted molar refractivity (Wildman–Crippen MR) is 77.9 cm³/mol. The first kappa shape index (κ1) is 12.7. The quantitative estimate of drug-likeness (QED) is 0.867. The summed E-state index contributed by atoms with van der Waals surface area (Å²) in [7, 11) is 0. The van der Waals surface area contributed by atoms with Gasteiger partial charge in [-0.25, -0.2) is 4.79 Å². The molecule has 1 aromatic carbocycles. The normalized spacial score (nSPS) is 22.1. The Labute approximate surface area is 122 Å². The van der Waals surface area contributed by atoms with Gasteiger partial charge in [0.15, 0.2) is 5.58 Å². The maximum atomic E-state index is 12.3. The van der Waals surface area contributed by atoms with Crippen molar-refractivity contribution in [1.82, 2.24) is 9.47 Å². The molecule has 2 fully saturated rings. The monoisotopic (exact) mass is 286 g/mol. The van der Waals surface area contributed by atoms with Crippen molar-refractivity contribution in [2.75, 3.05) is 6.54 Å². The fourth-order valence-corrected chi connectivity index (χ4v) is 3.28. The van der Waals surface area contributed by atoms with Gasteiger partial charge < -0.3 is 9.32 Å². The number of nitrogens with zero attached hydrogens (tertiary/aromatic N) is 2. The summed E-state index contributed by atoms with van der Waals surface area (Å²) in [5.74, 6) is 0.184. The van der Waals surface area contributed by atoms with Gasteiger partial charge in [-0.2, -0.15) is 0 Å². The molecule has 2 heterocycles. The van der Waals surface area contributed by atoms with E-state index in [0.717, 1.165) is 37.7 Å². The average Bonchev–Trinajstić information content (AvgIpc) is 3.16. The molecule has 4 rings (SSSR count). The Morgan fingerprint density at radius 2 is 2.05 bits per heavy atom. The fourth-order valence-electron chi connectivity index (χ4n) is 3.28. The largest absolute Gasteiger partial charge is 0.420 e. The summed E-state index contributed by atoms with van der Waals surface area (Å²) in [6, 6.07) is 7.57. The van der Waals surface area contributed by atoms with E-state index in [4.69, 9.17) is 4.42 Å². The number of oxazole rings is 1. The summed E-state index contributed by atoms with van der Waals surface area (Å²) in [5, 5.41) is 0. The third-order valence-corrected chi connectivity index (χ3v) is 4.55. The molecule has 0 radical (unpaired) electrons. The number of benzene rings is 1. The Balaban J connectivity index is 1.63. The first-order valence-electron chi connectivity index (χ1n) is 7.63. The summed E-state index contributed by atoms with van der Waals surface area (Å²) < 4.78 is 6.93. The lowest BCUT2D eigenvalue weighted by Crippen LogP contribution is -2.40. The molecule has 21 heavy (non-hydrogen) atoms. The minimum Gasteiger partial charge on any atom is -0.408 e. The second-order valence-corrected chi connectivity index (χ2v) is 6.05. The Morgan fingerprint density at radius 1 is 1.24 bits per heavy atom. The number of amides is 1. The molecule has 0 spiro atoms. The van der Waals surface area contributed by atoms with Crippen molar-refractivity contribution >= 4 is 17.0 Å². The van der Waals surface area contributed by atoms with Crippen LogP contribution in [-0.4, -0.2) is 28.0 Å². The average molecular weight is 286 g/mol. The molecule has 0 N–H and O–H groups in total. The molecule has 1 aromatic heterocycles. The van der Waals surface area contributed by atoms with E-state index >= 15 is 0 Å². The smallest absolute Gasteiger partial charge is 0.408 e. The highest BCUT2D eigenvalue weighted by atomic mass is 16.4. The van der Waals surface area contributed by atoms with Crippen LogP contribution >= 0.6 is 0 Å². The molecule has 2 aromatic rings. The Bertz CT molecular complexity index is 741. The molecule has 1 saturated heterocycles. The van der Waals surface area contributed by atoms with Crippen molar-refractivity contribution < 1.29 is 9.21 Å². The SMILES string of the molecule is O=C(C1CC1)N1CCC[C@@H]1Cn1c(=O)oc2ccccc21. The van der Waals surface area contributed by atoms with Crippen molar-refractivity contribution in [2.45, 2.75) is 38.3 Å². The van der Waals surface area contributed by atoms with Gasteiger partial charge in [0.2, 0.25) is 5.91 Å². The second-order valence-electron chi connectivity index (χ2n) is 6.05.